The van der Waals surface area contributed by atoms with Crippen LogP contribution in [0.1, 0.15) is 31.1 Å². The van der Waals surface area contributed by atoms with Gasteiger partial charge in [0.1, 0.15) is 16.7 Å². The van der Waals surface area contributed by atoms with Crippen LogP contribution in [0.25, 0.3) is 10.8 Å². The number of nitrogens with one attached hydrogen (secondary N) is 1. The molecule has 0 bridgehead atoms. The highest BCUT2D eigenvalue weighted by Gasteiger charge is 2.23. The maximum absolute atomic E-state index is 12.1. The summed E-state index contributed by atoms with van der Waals surface area (Å²) in [5.74, 6) is -0.659. The molecule has 0 saturated heterocycles. The van der Waals surface area contributed by atoms with Gasteiger partial charge in [-0.2, -0.15) is 0 Å². The predicted octanol–water partition coefficient (Wildman–Crippen LogP) is 2.74. The Balaban J connectivity index is 2.35. The van der Waals surface area contributed by atoms with Crippen LogP contribution < -0.4 is 4.72 Å². The van der Waals surface area contributed by atoms with Gasteiger partial charge in [-0.1, -0.05) is 24.3 Å². The second-order valence-corrected chi connectivity index (χ2v) is 7.50. The average Bonchev–Trinajstić information content (AvgIpc) is 2.36. The third kappa shape index (κ3) is 2.99. The van der Waals surface area contributed by atoms with Gasteiger partial charge in [-0.15, -0.1) is 0 Å². The molecule has 2 rings (SSSR count). The molecule has 5 heteroatoms. The summed E-state index contributed by atoms with van der Waals surface area (Å²) in [6, 6.07) is 10.5. The first-order valence-corrected chi connectivity index (χ1v) is 7.38. The molecular weight excluding hydrogens is 274 g/mol. The Hall–Kier alpha value is -1.88. The third-order valence-corrected chi connectivity index (χ3v) is 4.33. The van der Waals surface area contributed by atoms with Gasteiger partial charge in [0.2, 0.25) is 0 Å². The minimum Gasteiger partial charge on any atom is -0.507 e. The molecule has 0 heterocycles. The van der Waals surface area contributed by atoms with Crippen LogP contribution in [0, 0.1) is 0 Å². The number of rotatable bonds is 2. The van der Waals surface area contributed by atoms with Crippen LogP contribution in [0.5, 0.6) is 5.75 Å². The van der Waals surface area contributed by atoms with Crippen molar-refractivity contribution < 1.29 is 14.1 Å². The monoisotopic (exact) mass is 291 g/mol. The van der Waals surface area contributed by atoms with E-state index in [0.717, 1.165) is 10.8 Å². The molecule has 2 aromatic carbocycles. The van der Waals surface area contributed by atoms with E-state index in [-0.39, 0.29) is 11.3 Å². The van der Waals surface area contributed by atoms with E-state index in [4.69, 9.17) is 0 Å². The van der Waals surface area contributed by atoms with E-state index in [1.54, 1.807) is 26.8 Å². The van der Waals surface area contributed by atoms with Crippen molar-refractivity contribution in [3.63, 3.8) is 0 Å². The van der Waals surface area contributed by atoms with Crippen molar-refractivity contribution in [3.8, 4) is 5.75 Å². The molecular formula is C15H17NO3S. The lowest BCUT2D eigenvalue weighted by Crippen LogP contribution is -2.37. The van der Waals surface area contributed by atoms with Crippen LogP contribution in [0.3, 0.4) is 0 Å². The topological polar surface area (TPSA) is 66.4 Å². The van der Waals surface area contributed by atoms with Crippen molar-refractivity contribution in [1.82, 2.24) is 4.72 Å². The maximum atomic E-state index is 12.1. The first kappa shape index (κ1) is 14.5. The molecule has 106 valence electrons. The average molecular weight is 291 g/mol. The number of phenols is 1. The lowest BCUT2D eigenvalue weighted by atomic mass is 10.1. The minimum absolute atomic E-state index is 0.118. The van der Waals surface area contributed by atoms with Crippen molar-refractivity contribution in [2.45, 2.75) is 25.5 Å². The third-order valence-electron chi connectivity index (χ3n) is 2.85. The van der Waals surface area contributed by atoms with Crippen molar-refractivity contribution in [2.24, 2.45) is 0 Å². The molecule has 1 amide bonds. The molecule has 2 aromatic rings. The van der Waals surface area contributed by atoms with E-state index in [1.807, 2.05) is 24.3 Å². The normalized spacial score (nSPS) is 13.2. The van der Waals surface area contributed by atoms with Gasteiger partial charge in [-0.3, -0.25) is 9.52 Å². The summed E-state index contributed by atoms with van der Waals surface area (Å²) in [7, 11) is -1.52. The zero-order valence-corrected chi connectivity index (χ0v) is 12.5. The van der Waals surface area contributed by atoms with Gasteiger partial charge >= 0.3 is 0 Å². The number of benzene rings is 2. The lowest BCUT2D eigenvalue weighted by Gasteiger charge is -2.18. The van der Waals surface area contributed by atoms with Gasteiger partial charge in [-0.25, -0.2) is 4.21 Å². The summed E-state index contributed by atoms with van der Waals surface area (Å²) in [5.41, 5.74) is 0.126. The van der Waals surface area contributed by atoms with Crippen molar-refractivity contribution in [2.75, 3.05) is 0 Å². The summed E-state index contributed by atoms with van der Waals surface area (Å²) in [6.45, 7) is 5.30. The number of amides is 1. The Morgan fingerprint density at radius 3 is 2.25 bits per heavy atom. The molecule has 0 saturated carbocycles. The van der Waals surface area contributed by atoms with Gasteiger partial charge in [0, 0.05) is 0 Å². The molecule has 0 unspecified atom stereocenters. The molecule has 2 N–H and O–H groups in total. The first-order chi connectivity index (χ1) is 9.29. The van der Waals surface area contributed by atoms with Crippen LogP contribution in [-0.4, -0.2) is 20.0 Å². The maximum Gasteiger partial charge on any atom is 0.266 e. The fourth-order valence-corrected chi connectivity index (χ4v) is 2.29. The highest BCUT2D eigenvalue weighted by molar-refractivity contribution is 7.85. The molecule has 0 fully saturated rings. The van der Waals surface area contributed by atoms with E-state index in [2.05, 4.69) is 4.72 Å². The molecule has 0 aromatic heterocycles. The van der Waals surface area contributed by atoms with Crippen LogP contribution in [0.4, 0.5) is 0 Å². The standard InChI is InChI=1S/C15H17NO3S/c1-15(2,3)20(19)16-14(18)12-8-10-6-4-5-7-11(10)9-13(12)17/h4-9,17H,1-3H3,(H,16,18)/t20-/m1/s1. The van der Waals surface area contributed by atoms with Gasteiger partial charge in [0.25, 0.3) is 5.91 Å². The fourth-order valence-electron chi connectivity index (χ4n) is 1.70. The number of aromatic hydroxyl groups is 1. The molecule has 0 spiro atoms. The summed E-state index contributed by atoms with van der Waals surface area (Å²) in [5, 5.41) is 11.6. The highest BCUT2D eigenvalue weighted by Crippen LogP contribution is 2.25. The molecule has 1 atom stereocenters. The summed E-state index contributed by atoms with van der Waals surface area (Å²) in [6.07, 6.45) is 0. The Kier molecular flexibility index (Phi) is 3.81. The van der Waals surface area contributed by atoms with Crippen LogP contribution in [-0.2, 0) is 11.0 Å². The van der Waals surface area contributed by atoms with Gasteiger partial charge in [0.15, 0.2) is 0 Å². The number of carbonyl (C=O) groups is 1. The number of phenolic OH excluding ortho intramolecular Hbond substituents is 1. The van der Waals surface area contributed by atoms with Gasteiger partial charge in [0.05, 0.1) is 10.3 Å². The van der Waals surface area contributed by atoms with Crippen LogP contribution in [0.2, 0.25) is 0 Å². The van der Waals surface area contributed by atoms with Gasteiger partial charge in [-0.05, 0) is 43.7 Å². The van der Waals surface area contributed by atoms with E-state index < -0.39 is 21.6 Å². The largest absolute Gasteiger partial charge is 0.507 e. The van der Waals surface area contributed by atoms with Crippen molar-refractivity contribution in [1.29, 1.82) is 0 Å². The molecule has 20 heavy (non-hydrogen) atoms. The smallest absolute Gasteiger partial charge is 0.266 e. The van der Waals surface area contributed by atoms with E-state index in [0.29, 0.717) is 0 Å². The lowest BCUT2D eigenvalue weighted by molar-refractivity contribution is 0.0980. The summed E-state index contributed by atoms with van der Waals surface area (Å²) in [4.78, 5) is 12.1. The second-order valence-electron chi connectivity index (χ2n) is 5.53. The number of carbonyl (C=O) groups excluding carboxylic acids is 1. The van der Waals surface area contributed by atoms with E-state index in [9.17, 15) is 14.1 Å². The van der Waals surface area contributed by atoms with Crippen LogP contribution in [0.15, 0.2) is 36.4 Å². The van der Waals surface area contributed by atoms with Gasteiger partial charge < -0.3 is 5.11 Å². The zero-order valence-electron chi connectivity index (χ0n) is 11.6. The highest BCUT2D eigenvalue weighted by atomic mass is 32.2. The SMILES string of the molecule is CC(C)(C)[S@@](=O)NC(=O)c1cc2ccccc2cc1O. The minimum atomic E-state index is -1.52. The Bertz CT molecular complexity index is 689. The summed E-state index contributed by atoms with van der Waals surface area (Å²) >= 11 is 0. The fraction of sp³-hybridized carbons (Fsp3) is 0.267. The molecule has 0 radical (unpaired) electrons. The number of fused-ring (bicyclic) bond motifs is 1. The van der Waals surface area contributed by atoms with Crippen LogP contribution >= 0.6 is 0 Å². The van der Waals surface area contributed by atoms with Crippen molar-refractivity contribution in [3.05, 3.63) is 42.0 Å². The number of hydrogen-bond donors (Lipinski definition) is 2. The summed E-state index contributed by atoms with van der Waals surface area (Å²) < 4.78 is 13.8. The van der Waals surface area contributed by atoms with Crippen molar-refractivity contribution >= 4 is 27.7 Å². The quantitative estimate of drug-likeness (QED) is 0.894. The molecule has 0 aliphatic carbocycles. The second kappa shape index (κ2) is 5.25. The first-order valence-electron chi connectivity index (χ1n) is 6.23. The van der Waals surface area contributed by atoms with E-state index in [1.165, 1.54) is 6.07 Å². The molecule has 0 aliphatic rings. The van der Waals surface area contributed by atoms with E-state index >= 15 is 0 Å². The Labute approximate surface area is 120 Å². The Morgan fingerprint density at radius 2 is 1.70 bits per heavy atom. The predicted molar refractivity (Wildman–Crippen MR) is 81.0 cm³/mol. The zero-order chi connectivity index (χ0) is 14.9. The molecule has 0 aliphatic heterocycles. The number of hydrogen-bond acceptors (Lipinski definition) is 3. The Morgan fingerprint density at radius 1 is 1.15 bits per heavy atom. The molecule has 4 nitrogen and oxygen atoms in total.